The first kappa shape index (κ1) is 56.4. The molecular weight excluding hydrogens is 944 g/mol. The molecule has 398 valence electrons. The van der Waals surface area contributed by atoms with Gasteiger partial charge in [0.25, 0.3) is 5.91 Å². The fourth-order valence-electron chi connectivity index (χ4n) is 9.58. The van der Waals surface area contributed by atoms with E-state index < -0.39 is 35.5 Å². The van der Waals surface area contributed by atoms with Crippen molar-refractivity contribution >= 4 is 35.4 Å². The molecule has 6 rings (SSSR count). The second kappa shape index (κ2) is 25.8. The highest BCUT2D eigenvalue weighted by atomic mass is 19.1. The Morgan fingerprint density at radius 1 is 1.00 bits per heavy atom. The number of ether oxygens (including phenoxy) is 1. The number of unbranched alkanes of at least 4 members (excludes halogenated alkanes) is 5. The monoisotopic (exact) mass is 1020 g/mol. The molecular formula is C55H75FN12O6. The van der Waals surface area contributed by atoms with Gasteiger partial charge >= 0.3 is 0 Å². The molecule has 4 aromatic rings. The molecule has 74 heavy (non-hydrogen) atoms. The van der Waals surface area contributed by atoms with Gasteiger partial charge in [-0.1, -0.05) is 83.7 Å². The van der Waals surface area contributed by atoms with Crippen LogP contribution >= 0.6 is 0 Å². The normalized spacial score (nSPS) is 17.8. The second-order valence-electron chi connectivity index (χ2n) is 20.6. The maximum absolute atomic E-state index is 14.4. The van der Waals surface area contributed by atoms with Crippen molar-refractivity contribution in [1.82, 2.24) is 51.1 Å². The Labute approximate surface area is 434 Å². The minimum Gasteiger partial charge on any atom is -0.482 e. The molecule has 0 spiro atoms. The highest BCUT2D eigenvalue weighted by Crippen LogP contribution is 2.36. The summed E-state index contributed by atoms with van der Waals surface area (Å²) in [6.07, 6.45) is 7.67. The molecule has 7 N–H and O–H groups in total. The van der Waals surface area contributed by atoms with Crippen LogP contribution in [0.3, 0.4) is 0 Å². The number of likely N-dealkylation sites (N-methyl/N-ethyl adjacent to an activating group) is 1. The molecule has 18 nitrogen and oxygen atoms in total. The molecule has 1 saturated heterocycles. The van der Waals surface area contributed by atoms with Crippen molar-refractivity contribution in [1.29, 1.82) is 5.26 Å². The standard InChI is InChI=1S/C55H75FN12O6/c1-9-42(36-19-15-14-16-20-36)63-52(71)44-29-39(32-67(44)54(73)49(55(4,5)6)64-51(70)34(2)59-7)60-24-18-13-11-10-12-17-21-47(69)61-25-26-68-45(30-57)48-37-27-46(50(58)62-31-37)74-35(3)41-28-38(56)22-23-40(41)53(72)66(8)33-43(48)65-68/h14-16,19-20,22-23,27-28,31,34-35,39,42,44,49,59-60H,9-13,17-18,21,24-26,29,32-33H2,1-8H3,(H2,58,62)(H,61,69)(H,63,71)(H,64,70)/t34-,35+,39-,42+,44-,49+/m0/s1. The minimum absolute atomic E-state index is 0.0281. The Morgan fingerprint density at radius 3 is 2.41 bits per heavy atom. The average Bonchev–Trinajstić information content (AvgIpc) is 3.97. The highest BCUT2D eigenvalue weighted by molar-refractivity contribution is 5.96. The van der Waals surface area contributed by atoms with Crippen LogP contribution in [0.5, 0.6) is 5.75 Å². The molecule has 2 bridgehead atoms. The van der Waals surface area contributed by atoms with Crippen LogP contribution in [0, 0.1) is 22.6 Å². The van der Waals surface area contributed by atoms with Crippen molar-refractivity contribution < 1.29 is 33.1 Å². The third-order valence-electron chi connectivity index (χ3n) is 14.0. The number of pyridine rings is 1. The number of anilines is 1. The number of nitrogens with one attached hydrogen (secondary N) is 5. The van der Waals surface area contributed by atoms with E-state index in [2.05, 4.69) is 37.6 Å². The first-order chi connectivity index (χ1) is 35.3. The van der Waals surface area contributed by atoms with Gasteiger partial charge in [-0.2, -0.15) is 10.4 Å². The number of rotatable bonds is 21. The number of likely N-dealkylation sites (tertiary alicyclic amines) is 1. The summed E-state index contributed by atoms with van der Waals surface area (Å²) in [5.41, 5.74) is 8.79. The Bertz CT molecular complexity index is 2650. The van der Waals surface area contributed by atoms with E-state index in [-0.39, 0.29) is 84.1 Å². The quantitative estimate of drug-likeness (QED) is 0.0521. The molecule has 6 atom stereocenters. The number of hydrogen-bond donors (Lipinski definition) is 6. The van der Waals surface area contributed by atoms with E-state index in [1.54, 1.807) is 38.9 Å². The Hall–Kier alpha value is -6.91. The van der Waals surface area contributed by atoms with Crippen LogP contribution in [0.25, 0.3) is 11.1 Å². The van der Waals surface area contributed by atoms with Gasteiger partial charge in [-0.3, -0.25) is 28.7 Å². The zero-order valence-corrected chi connectivity index (χ0v) is 44.2. The van der Waals surface area contributed by atoms with Gasteiger partial charge in [0.05, 0.1) is 30.9 Å². The maximum atomic E-state index is 14.4. The van der Waals surface area contributed by atoms with E-state index in [1.807, 2.05) is 58.0 Å². The molecule has 2 aliphatic heterocycles. The summed E-state index contributed by atoms with van der Waals surface area (Å²) in [4.78, 5) is 75.6. The van der Waals surface area contributed by atoms with Crippen molar-refractivity contribution in [2.24, 2.45) is 5.41 Å². The fraction of sp³-hybridized carbons (Fsp3) is 0.527. The SMILES string of the molecule is CC[C@@H](NC(=O)[C@@H]1C[C@H](NCCCCCCCCC(=O)NCCn2nc3c(c2C#N)-c2cnc(N)c(c2)O[C@H](C)c2cc(F)ccc2C(=O)N(C)C3)CN1C(=O)[C@@H](NC(=O)[C@H](C)NC)C(C)(C)C)c1ccccc1. The molecule has 4 heterocycles. The Balaban J connectivity index is 0.969. The average molecular weight is 1020 g/mol. The molecule has 0 aliphatic carbocycles. The summed E-state index contributed by atoms with van der Waals surface area (Å²) in [5, 5.41) is 30.8. The van der Waals surface area contributed by atoms with Crippen LogP contribution in [0.15, 0.2) is 60.8 Å². The lowest BCUT2D eigenvalue weighted by Crippen LogP contribution is -2.59. The number of aromatic nitrogens is 3. The third kappa shape index (κ3) is 14.2. The van der Waals surface area contributed by atoms with Crippen molar-refractivity contribution in [3.05, 3.63) is 94.7 Å². The van der Waals surface area contributed by atoms with Gasteiger partial charge in [0.2, 0.25) is 23.6 Å². The number of hydrogen-bond acceptors (Lipinski definition) is 12. The molecule has 2 aliphatic rings. The lowest BCUT2D eigenvalue weighted by molar-refractivity contribution is -0.144. The van der Waals surface area contributed by atoms with Crippen LogP contribution in [0.1, 0.15) is 144 Å². The van der Waals surface area contributed by atoms with E-state index in [0.29, 0.717) is 54.7 Å². The lowest BCUT2D eigenvalue weighted by atomic mass is 9.85. The van der Waals surface area contributed by atoms with E-state index in [1.165, 1.54) is 34.0 Å². The van der Waals surface area contributed by atoms with Crippen molar-refractivity contribution in [2.45, 2.75) is 149 Å². The number of fused-ring (bicyclic) bond motifs is 5. The molecule has 5 amide bonds. The topological polar surface area (TPSA) is 242 Å². The zero-order valence-electron chi connectivity index (χ0n) is 44.2. The number of benzene rings is 2. The van der Waals surface area contributed by atoms with E-state index in [4.69, 9.17) is 15.6 Å². The number of amides is 5. The number of nitriles is 1. The van der Waals surface area contributed by atoms with Crippen LogP contribution in [0.2, 0.25) is 0 Å². The number of carbonyl (C=O) groups is 5. The largest absolute Gasteiger partial charge is 0.482 e. The van der Waals surface area contributed by atoms with Crippen LogP contribution in [-0.2, 0) is 32.3 Å². The number of carbonyl (C=O) groups excluding carboxylic acids is 5. The molecule has 2 aromatic carbocycles. The first-order valence-electron chi connectivity index (χ1n) is 26.0. The Morgan fingerprint density at radius 2 is 1.72 bits per heavy atom. The lowest BCUT2D eigenvalue weighted by Gasteiger charge is -2.36. The summed E-state index contributed by atoms with van der Waals surface area (Å²) in [6, 6.07) is 15.3. The van der Waals surface area contributed by atoms with Gasteiger partial charge in [0.15, 0.2) is 11.6 Å². The minimum atomic E-state index is -0.838. The van der Waals surface area contributed by atoms with Gasteiger partial charge in [-0.05, 0) is 88.4 Å². The van der Waals surface area contributed by atoms with E-state index in [0.717, 1.165) is 44.1 Å². The summed E-state index contributed by atoms with van der Waals surface area (Å²) in [7, 11) is 3.30. The molecule has 0 saturated carbocycles. The molecule has 1 fully saturated rings. The van der Waals surface area contributed by atoms with Gasteiger partial charge in [0, 0.05) is 61.1 Å². The van der Waals surface area contributed by atoms with Crippen molar-refractivity contribution in [2.75, 3.05) is 39.5 Å². The van der Waals surface area contributed by atoms with E-state index >= 15 is 0 Å². The Kier molecular flexibility index (Phi) is 19.7. The fourth-order valence-corrected chi connectivity index (χ4v) is 9.58. The predicted octanol–water partition coefficient (Wildman–Crippen LogP) is 6.08. The third-order valence-corrected chi connectivity index (χ3v) is 14.0. The number of nitrogens with zero attached hydrogens (tertiary/aromatic N) is 6. The number of nitrogens with two attached hydrogens (primary N) is 1. The summed E-state index contributed by atoms with van der Waals surface area (Å²) in [5.74, 6) is -1.49. The van der Waals surface area contributed by atoms with Crippen molar-refractivity contribution in [3.8, 4) is 22.9 Å². The molecule has 0 radical (unpaired) electrons. The van der Waals surface area contributed by atoms with Gasteiger partial charge in [-0.15, -0.1) is 0 Å². The summed E-state index contributed by atoms with van der Waals surface area (Å²) >= 11 is 0. The number of halogens is 1. The maximum Gasteiger partial charge on any atom is 0.254 e. The molecule has 19 heteroatoms. The summed E-state index contributed by atoms with van der Waals surface area (Å²) < 4.78 is 22.1. The van der Waals surface area contributed by atoms with Gasteiger partial charge in [0.1, 0.15) is 35.8 Å². The first-order valence-corrected chi connectivity index (χ1v) is 26.0. The van der Waals surface area contributed by atoms with Crippen LogP contribution in [0.4, 0.5) is 10.2 Å². The van der Waals surface area contributed by atoms with Crippen LogP contribution < -0.4 is 37.1 Å². The van der Waals surface area contributed by atoms with E-state index in [9.17, 15) is 33.6 Å². The number of nitrogen functional groups attached to an aromatic ring is 1. The van der Waals surface area contributed by atoms with Gasteiger partial charge in [-0.25, -0.2) is 9.37 Å². The molecule has 2 aromatic heterocycles. The summed E-state index contributed by atoms with van der Waals surface area (Å²) in [6.45, 7) is 12.7. The van der Waals surface area contributed by atoms with Gasteiger partial charge < -0.3 is 46.9 Å². The zero-order chi connectivity index (χ0) is 53.7. The molecule has 0 unspecified atom stereocenters. The second-order valence-corrected chi connectivity index (χ2v) is 20.6. The highest BCUT2D eigenvalue weighted by Gasteiger charge is 2.45. The van der Waals surface area contributed by atoms with Crippen molar-refractivity contribution in [3.63, 3.8) is 0 Å². The smallest absolute Gasteiger partial charge is 0.254 e. The predicted molar refractivity (Wildman–Crippen MR) is 281 cm³/mol. The van der Waals surface area contributed by atoms with Crippen LogP contribution in [-0.4, -0.2) is 112 Å².